The summed E-state index contributed by atoms with van der Waals surface area (Å²) in [5.74, 6) is -1.44. The first-order valence-electron chi connectivity index (χ1n) is 15.6. The average molecular weight is 646 g/mol. The van der Waals surface area contributed by atoms with E-state index in [9.17, 15) is 9.59 Å². The van der Waals surface area contributed by atoms with Crippen LogP contribution in [0, 0.1) is 0 Å². The largest absolute Gasteiger partial charge is 0.462 e. The summed E-state index contributed by atoms with van der Waals surface area (Å²) < 4.78 is 49.9. The summed E-state index contributed by atoms with van der Waals surface area (Å²) in [4.78, 5) is 28.8. The SMILES string of the molecule is CCOC(=O)c1c([C@@H]2O[Si](C(C)(C)C)(C(C)(C)C)OC[C@H]2OC=O)c[nH]c1[C@H]1O[C@@H]2OC(C)(C)O[C@@H]2[C@H]1OCc1ccccc1. The number of ether oxygens (including phenoxy) is 6. The van der Waals surface area contributed by atoms with Crippen LogP contribution in [0.4, 0.5) is 0 Å². The Morgan fingerprint density at radius 1 is 1.07 bits per heavy atom. The lowest BCUT2D eigenvalue weighted by molar-refractivity contribution is -0.220. The third-order valence-electron chi connectivity index (χ3n) is 8.57. The van der Waals surface area contributed by atoms with Crippen molar-refractivity contribution in [1.82, 2.24) is 4.98 Å². The molecule has 5 rings (SSSR count). The van der Waals surface area contributed by atoms with Gasteiger partial charge in [-0.1, -0.05) is 71.9 Å². The molecule has 3 saturated heterocycles. The Morgan fingerprint density at radius 2 is 1.76 bits per heavy atom. The monoisotopic (exact) mass is 645 g/mol. The second-order valence-corrected chi connectivity index (χ2v) is 19.0. The van der Waals surface area contributed by atoms with E-state index in [-0.39, 0.29) is 28.9 Å². The van der Waals surface area contributed by atoms with Gasteiger partial charge in [0.25, 0.3) is 6.47 Å². The fraction of sp³-hybridized carbons (Fsp3) is 0.636. The molecule has 0 amide bonds. The molecule has 4 heterocycles. The fourth-order valence-electron chi connectivity index (χ4n) is 6.93. The van der Waals surface area contributed by atoms with Gasteiger partial charge in [-0.2, -0.15) is 0 Å². The van der Waals surface area contributed by atoms with Gasteiger partial charge in [-0.3, -0.25) is 4.79 Å². The topological polar surface area (TPSA) is 124 Å². The highest BCUT2D eigenvalue weighted by atomic mass is 28.4. The van der Waals surface area contributed by atoms with E-state index >= 15 is 0 Å². The Balaban J connectivity index is 1.58. The molecule has 0 spiro atoms. The zero-order valence-electron chi connectivity index (χ0n) is 27.7. The Hall–Kier alpha value is -2.58. The highest BCUT2D eigenvalue weighted by Crippen LogP contribution is 2.57. The van der Waals surface area contributed by atoms with Crippen molar-refractivity contribution in [3.05, 3.63) is 58.9 Å². The number of hydrogen-bond acceptors (Lipinski definition) is 10. The minimum Gasteiger partial charge on any atom is -0.462 e. The summed E-state index contributed by atoms with van der Waals surface area (Å²) in [5.41, 5.74) is 2.16. The van der Waals surface area contributed by atoms with Crippen LogP contribution < -0.4 is 0 Å². The van der Waals surface area contributed by atoms with Crippen molar-refractivity contribution in [3.8, 4) is 0 Å². The smallest absolute Gasteiger partial charge is 0.350 e. The van der Waals surface area contributed by atoms with Crippen LogP contribution in [-0.2, 0) is 48.7 Å². The highest BCUT2D eigenvalue weighted by Gasteiger charge is 2.63. The van der Waals surface area contributed by atoms with E-state index in [2.05, 4.69) is 46.5 Å². The fourth-order valence-corrected chi connectivity index (χ4v) is 11.9. The second kappa shape index (κ2) is 12.6. The summed E-state index contributed by atoms with van der Waals surface area (Å²) in [6.45, 7) is 18.9. The highest BCUT2D eigenvalue weighted by molar-refractivity contribution is 6.73. The van der Waals surface area contributed by atoms with Gasteiger partial charge in [0.2, 0.25) is 0 Å². The number of carbonyl (C=O) groups excluding carboxylic acids is 2. The molecule has 3 aliphatic heterocycles. The summed E-state index contributed by atoms with van der Waals surface area (Å²) in [5, 5.41) is -0.717. The molecule has 0 saturated carbocycles. The minimum atomic E-state index is -3.06. The maximum Gasteiger partial charge on any atom is 0.350 e. The summed E-state index contributed by atoms with van der Waals surface area (Å²) in [6, 6.07) is 9.79. The number of H-pyrrole nitrogens is 1. The number of aromatic nitrogens is 1. The van der Waals surface area contributed by atoms with Crippen LogP contribution in [0.15, 0.2) is 36.5 Å². The van der Waals surface area contributed by atoms with Gasteiger partial charge in [-0.25, -0.2) is 4.79 Å². The molecule has 1 aromatic carbocycles. The quantitative estimate of drug-likeness (QED) is 0.197. The Morgan fingerprint density at radius 3 is 2.38 bits per heavy atom. The molecule has 248 valence electrons. The number of rotatable bonds is 9. The number of hydrogen-bond donors (Lipinski definition) is 1. The first-order valence-corrected chi connectivity index (χ1v) is 17.4. The Bertz CT molecular complexity index is 1330. The van der Waals surface area contributed by atoms with Crippen molar-refractivity contribution in [1.29, 1.82) is 0 Å². The number of nitrogens with one attached hydrogen (secondary N) is 1. The number of carbonyl (C=O) groups is 2. The first kappa shape index (κ1) is 33.8. The predicted molar refractivity (Wildman–Crippen MR) is 165 cm³/mol. The van der Waals surface area contributed by atoms with Gasteiger partial charge in [0.05, 0.1) is 31.1 Å². The van der Waals surface area contributed by atoms with E-state index in [1.54, 1.807) is 13.1 Å². The van der Waals surface area contributed by atoms with Crippen LogP contribution in [0.25, 0.3) is 0 Å². The first-order chi connectivity index (χ1) is 21.1. The molecule has 11 nitrogen and oxygen atoms in total. The maximum atomic E-state index is 13.8. The van der Waals surface area contributed by atoms with E-state index in [4.69, 9.17) is 37.3 Å². The lowest BCUT2D eigenvalue weighted by Gasteiger charge is -2.54. The summed E-state index contributed by atoms with van der Waals surface area (Å²) in [7, 11) is -3.06. The number of esters is 1. The van der Waals surface area contributed by atoms with Crippen molar-refractivity contribution in [2.24, 2.45) is 0 Å². The number of aromatic amines is 1. The zero-order chi connectivity index (χ0) is 32.8. The normalized spacial score (nSPS) is 29.3. The zero-order valence-corrected chi connectivity index (χ0v) is 28.7. The lowest BCUT2D eigenvalue weighted by Crippen LogP contribution is -2.63. The van der Waals surface area contributed by atoms with Gasteiger partial charge >= 0.3 is 14.5 Å². The molecule has 12 heteroatoms. The number of benzene rings is 1. The third-order valence-corrected chi connectivity index (χ3v) is 13.7. The third kappa shape index (κ3) is 6.38. The van der Waals surface area contributed by atoms with E-state index in [0.717, 1.165) is 5.56 Å². The van der Waals surface area contributed by atoms with Gasteiger partial charge < -0.3 is 42.3 Å². The molecule has 3 fully saturated rings. The van der Waals surface area contributed by atoms with Crippen LogP contribution in [0.1, 0.15) is 102 Å². The molecular formula is C33H47NO10Si. The van der Waals surface area contributed by atoms with Crippen LogP contribution in [0.3, 0.4) is 0 Å². The van der Waals surface area contributed by atoms with E-state index in [0.29, 0.717) is 24.3 Å². The lowest BCUT2D eigenvalue weighted by atomic mass is 9.98. The molecule has 3 aliphatic rings. The Kier molecular flexibility index (Phi) is 9.42. The molecule has 0 bridgehead atoms. The van der Waals surface area contributed by atoms with Crippen molar-refractivity contribution in [2.45, 2.75) is 122 Å². The minimum absolute atomic E-state index is 0.122. The van der Waals surface area contributed by atoms with Crippen LogP contribution >= 0.6 is 0 Å². The maximum absolute atomic E-state index is 13.8. The average Bonchev–Trinajstić information content (AvgIpc) is 3.61. The van der Waals surface area contributed by atoms with Crippen LogP contribution in [0.2, 0.25) is 10.1 Å². The molecule has 0 unspecified atom stereocenters. The van der Waals surface area contributed by atoms with Crippen molar-refractivity contribution in [3.63, 3.8) is 0 Å². The second-order valence-electron chi connectivity index (χ2n) is 14.3. The predicted octanol–water partition coefficient (Wildman–Crippen LogP) is 6.00. The van der Waals surface area contributed by atoms with Crippen molar-refractivity contribution < 1.29 is 46.9 Å². The number of fused-ring (bicyclic) bond motifs is 1. The van der Waals surface area contributed by atoms with Gasteiger partial charge in [0.15, 0.2) is 18.2 Å². The molecule has 6 atom stereocenters. The van der Waals surface area contributed by atoms with Crippen molar-refractivity contribution >= 4 is 21.0 Å². The van der Waals surface area contributed by atoms with Crippen molar-refractivity contribution in [2.75, 3.05) is 13.2 Å². The molecular weight excluding hydrogens is 598 g/mol. The molecule has 1 N–H and O–H groups in total. The molecule has 2 aromatic rings. The molecule has 45 heavy (non-hydrogen) atoms. The van der Waals surface area contributed by atoms with E-state index in [1.165, 1.54) is 0 Å². The molecule has 1 aromatic heterocycles. The molecule has 0 radical (unpaired) electrons. The van der Waals surface area contributed by atoms with Gasteiger partial charge in [-0.05, 0) is 26.3 Å². The summed E-state index contributed by atoms with van der Waals surface area (Å²) in [6.07, 6.45) is -2.58. The standard InChI is InChI=1S/C33H47NO10Si/c1-10-37-29(36)23-21(25-22(39-19-35)18-40-45(44-25,31(2,3)4)32(5,6)7)16-34-24(23)26-27(38-17-20-14-12-11-13-15-20)28-30(41-26)43-33(8,9)42-28/h11-16,19,22,25-28,30,34H,10,17-18H2,1-9H3/t22-,25+,26-,27+,28-,30-/m1/s1. The van der Waals surface area contributed by atoms with Gasteiger partial charge in [0.1, 0.15) is 24.4 Å². The molecule has 0 aliphatic carbocycles. The van der Waals surface area contributed by atoms with E-state index in [1.807, 2.05) is 44.2 Å². The Labute approximate surface area is 266 Å². The van der Waals surface area contributed by atoms with E-state index < -0.39 is 57.1 Å². The van der Waals surface area contributed by atoms with Gasteiger partial charge in [0, 0.05) is 21.8 Å². The van der Waals surface area contributed by atoms with Crippen LogP contribution in [0.5, 0.6) is 0 Å². The van der Waals surface area contributed by atoms with Gasteiger partial charge in [-0.15, -0.1) is 0 Å². The van der Waals surface area contributed by atoms with Crippen LogP contribution in [-0.4, -0.2) is 69.6 Å². The summed E-state index contributed by atoms with van der Waals surface area (Å²) >= 11 is 0.